The summed E-state index contributed by atoms with van der Waals surface area (Å²) in [6.45, 7) is 1.76. The van der Waals surface area contributed by atoms with E-state index in [-0.39, 0.29) is 29.6 Å². The first-order chi connectivity index (χ1) is 19.6. The second-order valence-electron chi connectivity index (χ2n) is 8.63. The van der Waals surface area contributed by atoms with Crippen molar-refractivity contribution in [3.8, 4) is 17.2 Å². The number of aromatic nitrogens is 2. The number of halogens is 3. The molecule has 0 fully saturated rings. The summed E-state index contributed by atoms with van der Waals surface area (Å²) in [4.78, 5) is 46.6. The minimum Gasteiger partial charge on any atom is -0.493 e. The normalized spacial score (nSPS) is 10.6. The van der Waals surface area contributed by atoms with E-state index in [1.165, 1.54) is 61.7 Å². The number of H-pyrrole nitrogens is 1. The van der Waals surface area contributed by atoms with Gasteiger partial charge in [-0.15, -0.1) is 0 Å². The molecule has 13 heteroatoms. The van der Waals surface area contributed by atoms with E-state index in [2.05, 4.69) is 15.3 Å². The van der Waals surface area contributed by atoms with Crippen molar-refractivity contribution in [3.63, 3.8) is 0 Å². The van der Waals surface area contributed by atoms with Crippen molar-refractivity contribution >= 4 is 29.1 Å². The average Bonchev–Trinajstić information content (AvgIpc) is 2.93. The Labute approximate surface area is 232 Å². The molecule has 0 aliphatic heterocycles. The van der Waals surface area contributed by atoms with Crippen molar-refractivity contribution in [2.45, 2.75) is 6.92 Å². The molecule has 0 unspecified atom stereocenters. The molecule has 212 valence electrons. The van der Waals surface area contributed by atoms with Gasteiger partial charge in [-0.1, -0.05) is 0 Å². The van der Waals surface area contributed by atoms with E-state index in [0.717, 1.165) is 17.0 Å². The Bertz CT molecular complexity index is 1640. The molecule has 2 heterocycles. The van der Waals surface area contributed by atoms with Gasteiger partial charge in [0.25, 0.3) is 11.5 Å². The lowest BCUT2D eigenvalue weighted by Crippen LogP contribution is -2.32. The predicted molar refractivity (Wildman–Crippen MR) is 144 cm³/mol. The molecule has 2 aromatic carbocycles. The summed E-state index contributed by atoms with van der Waals surface area (Å²) in [6.07, 6.45) is 2.57. The van der Waals surface area contributed by atoms with Gasteiger partial charge in [-0.2, -0.15) is 0 Å². The van der Waals surface area contributed by atoms with Gasteiger partial charge < -0.3 is 19.4 Å². The van der Waals surface area contributed by atoms with Crippen LogP contribution in [0.4, 0.5) is 35.2 Å². The van der Waals surface area contributed by atoms with Gasteiger partial charge in [-0.3, -0.25) is 19.8 Å². The molecule has 41 heavy (non-hydrogen) atoms. The second-order valence-corrected chi connectivity index (χ2v) is 8.63. The number of ether oxygens (including phenoxy) is 2. The number of benzene rings is 2. The zero-order valence-electron chi connectivity index (χ0n) is 22.1. The Balaban J connectivity index is 1.75. The van der Waals surface area contributed by atoms with Crippen LogP contribution in [0, 0.1) is 17.5 Å². The minimum absolute atomic E-state index is 0.0312. The summed E-state index contributed by atoms with van der Waals surface area (Å²) in [7, 11) is 3.06. The molecule has 0 radical (unpaired) electrons. The van der Waals surface area contributed by atoms with Gasteiger partial charge in [0.15, 0.2) is 17.4 Å². The van der Waals surface area contributed by atoms with Gasteiger partial charge >= 0.3 is 6.03 Å². The zero-order chi connectivity index (χ0) is 29.7. The molecule has 3 amide bonds. The van der Waals surface area contributed by atoms with Crippen LogP contribution >= 0.6 is 0 Å². The van der Waals surface area contributed by atoms with E-state index in [1.807, 2.05) is 0 Å². The van der Waals surface area contributed by atoms with Gasteiger partial charge in [-0.25, -0.2) is 22.9 Å². The number of amides is 3. The van der Waals surface area contributed by atoms with Crippen LogP contribution in [-0.4, -0.2) is 47.5 Å². The third-order valence-electron chi connectivity index (χ3n) is 5.57. The Morgan fingerprint density at radius 3 is 2.39 bits per heavy atom. The summed E-state index contributed by atoms with van der Waals surface area (Å²) < 4.78 is 55.6. The summed E-state index contributed by atoms with van der Waals surface area (Å²) in [5.74, 6) is -4.34. The van der Waals surface area contributed by atoms with E-state index in [0.29, 0.717) is 12.1 Å². The number of rotatable bonds is 8. The monoisotopic (exact) mass is 567 g/mol. The molecule has 2 N–H and O–H groups in total. The van der Waals surface area contributed by atoms with Crippen LogP contribution in [0.15, 0.2) is 71.8 Å². The number of pyridine rings is 2. The zero-order valence-corrected chi connectivity index (χ0v) is 22.1. The Kier molecular flexibility index (Phi) is 8.56. The minimum atomic E-state index is -1.10. The maximum absolute atomic E-state index is 15.6. The Morgan fingerprint density at radius 2 is 1.71 bits per heavy atom. The van der Waals surface area contributed by atoms with Crippen LogP contribution < -0.4 is 25.2 Å². The smallest absolute Gasteiger partial charge is 0.322 e. The van der Waals surface area contributed by atoms with Crippen molar-refractivity contribution in [3.05, 3.63) is 100 Å². The average molecular weight is 568 g/mol. The van der Waals surface area contributed by atoms with E-state index < -0.39 is 51.9 Å². The first-order valence-corrected chi connectivity index (χ1v) is 12.1. The lowest BCUT2D eigenvalue weighted by molar-refractivity contribution is 0.0993. The highest BCUT2D eigenvalue weighted by molar-refractivity contribution is 6.12. The number of nitrogens with zero attached hydrogens (tertiary/aromatic N) is 3. The van der Waals surface area contributed by atoms with Crippen molar-refractivity contribution in [1.29, 1.82) is 0 Å². The largest absolute Gasteiger partial charge is 0.493 e. The van der Waals surface area contributed by atoms with E-state index in [4.69, 9.17) is 9.47 Å². The first kappa shape index (κ1) is 28.7. The second kappa shape index (κ2) is 12.2. The third-order valence-corrected chi connectivity index (χ3v) is 5.57. The number of urea groups is 1. The molecule has 0 saturated carbocycles. The molecule has 0 bridgehead atoms. The maximum Gasteiger partial charge on any atom is 0.322 e. The van der Waals surface area contributed by atoms with Gasteiger partial charge in [0.05, 0.1) is 12.3 Å². The van der Waals surface area contributed by atoms with E-state index >= 15 is 8.78 Å². The molecule has 0 atom stereocenters. The van der Waals surface area contributed by atoms with E-state index in [9.17, 15) is 18.8 Å². The molecule has 4 aromatic rings. The maximum atomic E-state index is 15.6. The first-order valence-electron chi connectivity index (χ1n) is 12.1. The fraction of sp³-hybridized carbons (Fsp3) is 0.143. The predicted octanol–water partition coefficient (Wildman–Crippen LogP) is 5.45. The molecule has 0 saturated heterocycles. The SMILES string of the molecule is CCOc1cc[nH]c(=O)c1C(=O)N(c1ccc(F)cc1)c1cc(F)c(Oc2ccnc(NC(=O)N(C)C)c2)cc1F. The summed E-state index contributed by atoms with van der Waals surface area (Å²) in [6, 6.07) is 9.36. The number of aromatic amines is 1. The van der Waals surface area contributed by atoms with Crippen LogP contribution in [0.25, 0.3) is 0 Å². The number of hydrogen-bond acceptors (Lipinski definition) is 6. The fourth-order valence-electron chi connectivity index (χ4n) is 3.67. The number of nitrogens with one attached hydrogen (secondary N) is 2. The molecular formula is C28H24F3N5O5. The van der Waals surface area contributed by atoms with Crippen LogP contribution in [0.2, 0.25) is 0 Å². The fourth-order valence-corrected chi connectivity index (χ4v) is 3.67. The van der Waals surface area contributed by atoms with Crippen molar-refractivity contribution in [2.75, 3.05) is 30.9 Å². The molecular weight excluding hydrogens is 543 g/mol. The number of carbonyl (C=O) groups is 2. The van der Waals surface area contributed by atoms with E-state index in [1.54, 1.807) is 6.92 Å². The van der Waals surface area contributed by atoms with Crippen molar-refractivity contribution in [1.82, 2.24) is 14.9 Å². The number of anilines is 3. The molecule has 0 spiro atoms. The number of carbonyl (C=O) groups excluding carboxylic acids is 2. The summed E-state index contributed by atoms with van der Waals surface area (Å²) in [5.41, 5.74) is -1.93. The number of hydrogen-bond donors (Lipinski definition) is 2. The summed E-state index contributed by atoms with van der Waals surface area (Å²) >= 11 is 0. The molecule has 0 aliphatic rings. The van der Waals surface area contributed by atoms with Gasteiger partial charge in [-0.05, 0) is 43.3 Å². The molecule has 10 nitrogen and oxygen atoms in total. The highest BCUT2D eigenvalue weighted by atomic mass is 19.1. The van der Waals surface area contributed by atoms with Crippen molar-refractivity contribution in [2.24, 2.45) is 0 Å². The van der Waals surface area contributed by atoms with Crippen LogP contribution in [0.1, 0.15) is 17.3 Å². The Morgan fingerprint density at radius 1 is 0.976 bits per heavy atom. The topological polar surface area (TPSA) is 117 Å². The quantitative estimate of drug-likeness (QED) is 0.293. The highest BCUT2D eigenvalue weighted by Crippen LogP contribution is 2.36. The lowest BCUT2D eigenvalue weighted by atomic mass is 10.1. The van der Waals surface area contributed by atoms with Crippen LogP contribution in [0.5, 0.6) is 17.2 Å². The molecule has 4 rings (SSSR count). The van der Waals surface area contributed by atoms with Gasteiger partial charge in [0, 0.05) is 50.4 Å². The lowest BCUT2D eigenvalue weighted by Gasteiger charge is -2.24. The molecule has 0 aliphatic carbocycles. The third kappa shape index (κ3) is 6.46. The molecule has 2 aromatic heterocycles. The Hall–Kier alpha value is -5.33. The van der Waals surface area contributed by atoms with Crippen LogP contribution in [0.3, 0.4) is 0 Å². The van der Waals surface area contributed by atoms with Gasteiger partial charge in [0.2, 0.25) is 0 Å². The van der Waals surface area contributed by atoms with Crippen molar-refractivity contribution < 1.29 is 32.2 Å². The van der Waals surface area contributed by atoms with Crippen LogP contribution in [-0.2, 0) is 0 Å². The summed E-state index contributed by atoms with van der Waals surface area (Å²) in [5, 5.41) is 2.50. The van der Waals surface area contributed by atoms with Gasteiger partial charge in [0.1, 0.15) is 28.7 Å². The standard InChI is InChI=1S/C28H24F3N5O5/c1-4-40-22-10-12-33-26(37)25(22)27(38)36(17-7-5-16(29)6-8-17)21-14-20(31)23(15-19(21)30)41-18-9-11-32-24(13-18)34-28(39)35(2)3/h5-15H,4H2,1-3H3,(H,33,37)(H,32,34,39). The highest BCUT2D eigenvalue weighted by Gasteiger charge is 2.29.